The third-order valence-electron chi connectivity index (χ3n) is 3.51. The van der Waals surface area contributed by atoms with Gasteiger partial charge in [0.05, 0.1) is 6.04 Å². The second kappa shape index (κ2) is 5.50. The van der Waals surface area contributed by atoms with Gasteiger partial charge < -0.3 is 20.9 Å². The molecule has 16 heavy (non-hydrogen) atoms. The van der Waals surface area contributed by atoms with Gasteiger partial charge in [0, 0.05) is 19.6 Å². The van der Waals surface area contributed by atoms with E-state index in [1.165, 1.54) is 12.8 Å². The smallest absolute Gasteiger partial charge is 0.315 e. The van der Waals surface area contributed by atoms with E-state index in [1.54, 1.807) is 0 Å². The van der Waals surface area contributed by atoms with Crippen LogP contribution in [0, 0.1) is 5.92 Å². The number of amides is 2. The molecule has 0 bridgehead atoms. The molecule has 2 amide bonds. The predicted molar refractivity (Wildman–Crippen MR) is 63.4 cm³/mol. The minimum atomic E-state index is -0.00886. The zero-order valence-electron chi connectivity index (χ0n) is 9.96. The highest BCUT2D eigenvalue weighted by atomic mass is 16.2. The number of nitrogens with zero attached hydrogens (tertiary/aromatic N) is 1. The van der Waals surface area contributed by atoms with Gasteiger partial charge >= 0.3 is 6.03 Å². The van der Waals surface area contributed by atoms with E-state index in [0.717, 1.165) is 32.7 Å². The van der Waals surface area contributed by atoms with Crippen molar-refractivity contribution in [2.45, 2.75) is 18.9 Å². The summed E-state index contributed by atoms with van der Waals surface area (Å²) in [5, 5.41) is 9.04. The van der Waals surface area contributed by atoms with Crippen LogP contribution >= 0.6 is 0 Å². The van der Waals surface area contributed by atoms with Crippen molar-refractivity contribution in [3.8, 4) is 0 Å². The lowest BCUT2D eigenvalue weighted by Gasteiger charge is -2.30. The number of urea groups is 1. The lowest BCUT2D eigenvalue weighted by Crippen LogP contribution is -2.59. The maximum absolute atomic E-state index is 11.5. The number of rotatable bonds is 3. The number of hydrogen-bond acceptors (Lipinski definition) is 3. The predicted octanol–water partition coefficient (Wildman–Crippen LogP) is -0.401. The molecule has 5 heteroatoms. The highest BCUT2D eigenvalue weighted by Gasteiger charge is 2.20. The van der Waals surface area contributed by atoms with Crippen molar-refractivity contribution in [2.75, 3.05) is 39.8 Å². The quantitative estimate of drug-likeness (QED) is 0.614. The zero-order valence-corrected chi connectivity index (χ0v) is 9.96. The molecule has 2 aliphatic heterocycles. The first-order valence-electron chi connectivity index (χ1n) is 6.17. The Bertz CT molecular complexity index is 234. The Morgan fingerprint density at radius 1 is 1.38 bits per heavy atom. The van der Waals surface area contributed by atoms with E-state index in [1.807, 2.05) is 0 Å². The number of carbonyl (C=O) groups excluding carboxylic acids is 1. The van der Waals surface area contributed by atoms with E-state index in [4.69, 9.17) is 0 Å². The number of hydrogen-bond donors (Lipinski definition) is 3. The molecule has 0 atom stereocenters. The highest BCUT2D eigenvalue weighted by molar-refractivity contribution is 5.74. The summed E-state index contributed by atoms with van der Waals surface area (Å²) >= 11 is 0. The summed E-state index contributed by atoms with van der Waals surface area (Å²) in [6, 6.07) is 0.322. The van der Waals surface area contributed by atoms with Crippen LogP contribution in [0.15, 0.2) is 0 Å². The second-order valence-electron chi connectivity index (χ2n) is 4.96. The Kier molecular flexibility index (Phi) is 4.01. The van der Waals surface area contributed by atoms with E-state index < -0.39 is 0 Å². The topological polar surface area (TPSA) is 56.4 Å². The van der Waals surface area contributed by atoms with E-state index in [9.17, 15) is 4.79 Å². The average molecular weight is 226 g/mol. The van der Waals surface area contributed by atoms with Gasteiger partial charge in [0.25, 0.3) is 0 Å². The van der Waals surface area contributed by atoms with Crippen molar-refractivity contribution < 1.29 is 4.79 Å². The molecule has 0 aromatic rings. The molecule has 0 aromatic carbocycles. The first-order valence-corrected chi connectivity index (χ1v) is 6.17. The molecular weight excluding hydrogens is 204 g/mol. The van der Waals surface area contributed by atoms with Crippen LogP contribution in [-0.2, 0) is 0 Å². The molecule has 92 valence electrons. The number of nitrogens with one attached hydrogen (secondary N) is 3. The SMILES string of the molecule is CN1CCC(CNC(=O)NC2CNC2)CC1. The lowest BCUT2D eigenvalue weighted by molar-refractivity contribution is 0.207. The minimum Gasteiger partial charge on any atom is -0.338 e. The van der Waals surface area contributed by atoms with Crippen molar-refractivity contribution >= 4 is 6.03 Å². The van der Waals surface area contributed by atoms with Crippen LogP contribution in [0.4, 0.5) is 4.79 Å². The molecule has 0 aromatic heterocycles. The first-order chi connectivity index (χ1) is 7.74. The van der Waals surface area contributed by atoms with Crippen molar-refractivity contribution in [1.29, 1.82) is 0 Å². The minimum absolute atomic E-state index is 0.00886. The van der Waals surface area contributed by atoms with Crippen molar-refractivity contribution in [2.24, 2.45) is 5.92 Å². The number of carbonyl (C=O) groups is 1. The van der Waals surface area contributed by atoms with Crippen LogP contribution in [-0.4, -0.2) is 56.7 Å². The molecule has 0 saturated carbocycles. The van der Waals surface area contributed by atoms with Crippen LogP contribution in [0.3, 0.4) is 0 Å². The van der Waals surface area contributed by atoms with Crippen molar-refractivity contribution in [1.82, 2.24) is 20.9 Å². The van der Waals surface area contributed by atoms with Gasteiger partial charge in [0.2, 0.25) is 0 Å². The zero-order chi connectivity index (χ0) is 11.4. The van der Waals surface area contributed by atoms with Gasteiger partial charge in [-0.05, 0) is 38.9 Å². The van der Waals surface area contributed by atoms with Gasteiger partial charge in [0.1, 0.15) is 0 Å². The van der Waals surface area contributed by atoms with Crippen LogP contribution < -0.4 is 16.0 Å². The first kappa shape index (κ1) is 11.7. The molecule has 3 N–H and O–H groups in total. The summed E-state index contributed by atoms with van der Waals surface area (Å²) in [4.78, 5) is 13.8. The molecule has 5 nitrogen and oxygen atoms in total. The van der Waals surface area contributed by atoms with Gasteiger partial charge in [0.15, 0.2) is 0 Å². The van der Waals surface area contributed by atoms with Crippen LogP contribution in [0.2, 0.25) is 0 Å². The molecule has 0 spiro atoms. The van der Waals surface area contributed by atoms with Gasteiger partial charge in [-0.25, -0.2) is 4.79 Å². The van der Waals surface area contributed by atoms with Crippen LogP contribution in [0.5, 0.6) is 0 Å². The molecule has 2 fully saturated rings. The largest absolute Gasteiger partial charge is 0.338 e. The Morgan fingerprint density at radius 3 is 2.62 bits per heavy atom. The third-order valence-corrected chi connectivity index (χ3v) is 3.51. The Balaban J connectivity index is 1.57. The van der Waals surface area contributed by atoms with Crippen LogP contribution in [0.25, 0.3) is 0 Å². The summed E-state index contributed by atoms with van der Waals surface area (Å²) in [5.74, 6) is 0.654. The third kappa shape index (κ3) is 3.35. The Labute approximate surface area is 96.9 Å². The molecule has 0 unspecified atom stereocenters. The molecule has 2 saturated heterocycles. The van der Waals surface area contributed by atoms with Gasteiger partial charge in [-0.2, -0.15) is 0 Å². The molecule has 2 aliphatic rings. The van der Waals surface area contributed by atoms with Gasteiger partial charge in [-0.15, -0.1) is 0 Å². The maximum Gasteiger partial charge on any atom is 0.315 e. The number of likely N-dealkylation sites (tertiary alicyclic amines) is 1. The van der Waals surface area contributed by atoms with E-state index in [0.29, 0.717) is 12.0 Å². The molecular formula is C11H22N4O. The Morgan fingerprint density at radius 2 is 2.06 bits per heavy atom. The summed E-state index contributed by atoms with van der Waals surface area (Å²) in [7, 11) is 2.15. The van der Waals surface area contributed by atoms with Gasteiger partial charge in [-0.3, -0.25) is 0 Å². The fraction of sp³-hybridized carbons (Fsp3) is 0.909. The van der Waals surface area contributed by atoms with Crippen LogP contribution in [0.1, 0.15) is 12.8 Å². The summed E-state index contributed by atoms with van der Waals surface area (Å²) in [5.41, 5.74) is 0. The summed E-state index contributed by atoms with van der Waals surface area (Å²) in [6.07, 6.45) is 2.39. The van der Waals surface area contributed by atoms with Gasteiger partial charge in [-0.1, -0.05) is 0 Å². The number of piperidine rings is 1. The average Bonchev–Trinajstić information content (AvgIpc) is 2.23. The fourth-order valence-electron chi connectivity index (χ4n) is 2.13. The van der Waals surface area contributed by atoms with E-state index in [2.05, 4.69) is 27.9 Å². The highest BCUT2D eigenvalue weighted by Crippen LogP contribution is 2.14. The molecule has 2 rings (SSSR count). The molecule has 2 heterocycles. The Hall–Kier alpha value is -0.810. The molecule has 0 radical (unpaired) electrons. The summed E-state index contributed by atoms with van der Waals surface area (Å²) < 4.78 is 0. The van der Waals surface area contributed by atoms with E-state index >= 15 is 0 Å². The summed E-state index contributed by atoms with van der Waals surface area (Å²) in [6.45, 7) is 4.93. The molecule has 0 aliphatic carbocycles. The second-order valence-corrected chi connectivity index (χ2v) is 4.96. The lowest BCUT2D eigenvalue weighted by atomic mass is 9.97. The fourth-order valence-corrected chi connectivity index (χ4v) is 2.13. The normalized spacial score (nSPS) is 23.8. The van der Waals surface area contributed by atoms with Crippen molar-refractivity contribution in [3.63, 3.8) is 0 Å². The standard InChI is InChI=1S/C11H22N4O/c1-15-4-2-9(3-5-15)6-13-11(16)14-10-7-12-8-10/h9-10,12H,2-8H2,1H3,(H2,13,14,16). The van der Waals surface area contributed by atoms with E-state index in [-0.39, 0.29) is 6.03 Å². The maximum atomic E-state index is 11.5. The van der Waals surface area contributed by atoms with Crippen molar-refractivity contribution in [3.05, 3.63) is 0 Å². The monoisotopic (exact) mass is 226 g/mol.